The largest absolute Gasteiger partial charge is 0.361 e. The lowest BCUT2D eigenvalue weighted by Crippen LogP contribution is -2.28. The highest BCUT2D eigenvalue weighted by atomic mass is 16.1. The van der Waals surface area contributed by atoms with Crippen LogP contribution in [-0.2, 0) is 6.42 Å². The van der Waals surface area contributed by atoms with Crippen LogP contribution in [0.3, 0.4) is 0 Å². The normalized spacial score (nSPS) is 15.0. The van der Waals surface area contributed by atoms with Crippen molar-refractivity contribution in [1.82, 2.24) is 9.97 Å². The van der Waals surface area contributed by atoms with Gasteiger partial charge in [-0.25, -0.2) is 4.98 Å². The molecule has 0 unspecified atom stereocenters. The molecule has 0 amide bonds. The maximum atomic E-state index is 12.3. The van der Waals surface area contributed by atoms with Crippen LogP contribution in [-0.4, -0.2) is 16.5 Å². The number of aromatic amines is 1. The molecule has 1 aromatic heterocycles. The van der Waals surface area contributed by atoms with Crippen molar-refractivity contribution in [1.29, 1.82) is 0 Å². The topological polar surface area (TPSA) is 49.0 Å². The highest BCUT2D eigenvalue weighted by Crippen LogP contribution is 2.33. The number of hydrogen-bond donors (Lipinski definition) is 1. The van der Waals surface area contributed by atoms with Gasteiger partial charge in [-0.15, -0.1) is 0 Å². The number of rotatable bonds is 2. The summed E-state index contributed by atoms with van der Waals surface area (Å²) >= 11 is 0. The Morgan fingerprint density at radius 3 is 2.82 bits per heavy atom. The quantitative estimate of drug-likeness (QED) is 0.789. The van der Waals surface area contributed by atoms with Crippen molar-refractivity contribution in [2.45, 2.75) is 19.4 Å². The van der Waals surface area contributed by atoms with Gasteiger partial charge in [-0.1, -0.05) is 30.3 Å². The minimum absolute atomic E-state index is 0.0426. The minimum atomic E-state index is -0.0695. The molecule has 0 saturated carbocycles. The molecular weight excluding hydrogens is 274 g/mol. The Labute approximate surface area is 128 Å². The van der Waals surface area contributed by atoms with E-state index in [1.54, 1.807) is 6.07 Å². The third kappa shape index (κ3) is 1.99. The van der Waals surface area contributed by atoms with Crippen LogP contribution in [0.2, 0.25) is 0 Å². The third-order valence-corrected chi connectivity index (χ3v) is 4.42. The standard InChI is InChI=1S/C18H17N3O/c1-12(21-11-10-13-6-2-5-9-16(13)21)17-19-15-8-4-3-7-14(15)18(22)20-17/h2-9,12H,10-11H2,1H3,(H,19,20,22)/t12-/m0/s1. The lowest BCUT2D eigenvalue weighted by Gasteiger charge is -2.26. The first-order chi connectivity index (χ1) is 10.7. The molecule has 2 heterocycles. The molecule has 1 aliphatic rings. The Balaban J connectivity index is 1.78. The van der Waals surface area contributed by atoms with Crippen molar-refractivity contribution in [3.63, 3.8) is 0 Å². The van der Waals surface area contributed by atoms with Gasteiger partial charge in [0.25, 0.3) is 5.56 Å². The lowest BCUT2D eigenvalue weighted by atomic mass is 10.1. The van der Waals surface area contributed by atoms with Gasteiger partial charge in [0.1, 0.15) is 5.82 Å². The fraction of sp³-hybridized carbons (Fsp3) is 0.222. The highest BCUT2D eigenvalue weighted by molar-refractivity contribution is 5.77. The molecule has 0 saturated heterocycles. The van der Waals surface area contributed by atoms with Gasteiger partial charge in [-0.3, -0.25) is 4.79 Å². The molecule has 1 N–H and O–H groups in total. The summed E-state index contributed by atoms with van der Waals surface area (Å²) in [6.07, 6.45) is 1.04. The number of nitrogens with zero attached hydrogens (tertiary/aromatic N) is 2. The van der Waals surface area contributed by atoms with Gasteiger partial charge < -0.3 is 9.88 Å². The number of nitrogens with one attached hydrogen (secondary N) is 1. The van der Waals surface area contributed by atoms with Crippen LogP contribution in [0.25, 0.3) is 10.9 Å². The summed E-state index contributed by atoms with van der Waals surface area (Å²) in [5, 5.41) is 0.639. The fourth-order valence-corrected chi connectivity index (χ4v) is 3.22. The Hall–Kier alpha value is -2.62. The summed E-state index contributed by atoms with van der Waals surface area (Å²) < 4.78 is 0. The van der Waals surface area contributed by atoms with E-state index in [-0.39, 0.29) is 11.6 Å². The average Bonchev–Trinajstić information content (AvgIpc) is 2.98. The second-order valence-corrected chi connectivity index (χ2v) is 5.72. The van der Waals surface area contributed by atoms with Crippen LogP contribution in [0.15, 0.2) is 53.3 Å². The van der Waals surface area contributed by atoms with E-state index in [0.717, 1.165) is 24.3 Å². The van der Waals surface area contributed by atoms with E-state index in [2.05, 4.69) is 46.1 Å². The highest BCUT2D eigenvalue weighted by Gasteiger charge is 2.25. The molecule has 2 aromatic carbocycles. The summed E-state index contributed by atoms with van der Waals surface area (Å²) in [6.45, 7) is 3.05. The Bertz CT molecular complexity index is 900. The zero-order valence-electron chi connectivity index (χ0n) is 12.4. The van der Waals surface area contributed by atoms with Crippen LogP contribution in [0.5, 0.6) is 0 Å². The van der Waals surface area contributed by atoms with Crippen LogP contribution < -0.4 is 10.5 Å². The molecule has 1 aliphatic heterocycles. The van der Waals surface area contributed by atoms with Crippen molar-refractivity contribution in [3.8, 4) is 0 Å². The maximum absolute atomic E-state index is 12.3. The number of H-pyrrole nitrogens is 1. The van der Waals surface area contributed by atoms with Crippen molar-refractivity contribution in [3.05, 3.63) is 70.3 Å². The summed E-state index contributed by atoms with van der Waals surface area (Å²) in [7, 11) is 0. The van der Waals surface area contributed by atoms with Crippen LogP contribution in [0.4, 0.5) is 5.69 Å². The molecule has 0 fully saturated rings. The Morgan fingerprint density at radius 1 is 1.14 bits per heavy atom. The molecule has 0 bridgehead atoms. The van der Waals surface area contributed by atoms with E-state index in [1.807, 2.05) is 18.2 Å². The molecule has 1 atom stereocenters. The predicted molar refractivity (Wildman–Crippen MR) is 88.3 cm³/mol. The van der Waals surface area contributed by atoms with Crippen molar-refractivity contribution in [2.75, 3.05) is 11.4 Å². The number of fused-ring (bicyclic) bond motifs is 2. The molecule has 3 aromatic rings. The lowest BCUT2D eigenvalue weighted by molar-refractivity contribution is 0.654. The summed E-state index contributed by atoms with van der Waals surface area (Å²) in [4.78, 5) is 22.2. The fourth-order valence-electron chi connectivity index (χ4n) is 3.22. The van der Waals surface area contributed by atoms with Crippen molar-refractivity contribution < 1.29 is 0 Å². The second kappa shape index (κ2) is 4.98. The zero-order valence-corrected chi connectivity index (χ0v) is 12.4. The number of para-hydroxylation sites is 2. The van der Waals surface area contributed by atoms with Gasteiger partial charge in [0.05, 0.1) is 16.9 Å². The Morgan fingerprint density at radius 2 is 1.91 bits per heavy atom. The first-order valence-electron chi connectivity index (χ1n) is 7.57. The van der Waals surface area contributed by atoms with E-state index in [4.69, 9.17) is 0 Å². The molecule has 0 aliphatic carbocycles. The molecule has 4 heteroatoms. The van der Waals surface area contributed by atoms with E-state index < -0.39 is 0 Å². The maximum Gasteiger partial charge on any atom is 0.258 e. The SMILES string of the molecule is C[C@@H](c1nc2ccccc2c(=O)[nH]1)N1CCc2ccccc21. The number of hydrogen-bond acceptors (Lipinski definition) is 3. The van der Waals surface area contributed by atoms with Crippen LogP contribution in [0.1, 0.15) is 24.4 Å². The van der Waals surface area contributed by atoms with Gasteiger partial charge in [-0.2, -0.15) is 0 Å². The molecular formula is C18H17N3O. The van der Waals surface area contributed by atoms with Gasteiger partial charge in [-0.05, 0) is 37.1 Å². The van der Waals surface area contributed by atoms with E-state index in [1.165, 1.54) is 11.3 Å². The van der Waals surface area contributed by atoms with Crippen molar-refractivity contribution in [2.24, 2.45) is 0 Å². The number of benzene rings is 2. The van der Waals surface area contributed by atoms with E-state index in [0.29, 0.717) is 5.39 Å². The van der Waals surface area contributed by atoms with Gasteiger partial charge >= 0.3 is 0 Å². The predicted octanol–water partition coefficient (Wildman–Crippen LogP) is 3.05. The molecule has 22 heavy (non-hydrogen) atoms. The monoisotopic (exact) mass is 291 g/mol. The van der Waals surface area contributed by atoms with Gasteiger partial charge in [0.15, 0.2) is 0 Å². The summed E-state index contributed by atoms with van der Waals surface area (Å²) in [5.74, 6) is 0.723. The van der Waals surface area contributed by atoms with E-state index in [9.17, 15) is 4.79 Å². The summed E-state index contributed by atoms with van der Waals surface area (Å²) in [6, 6.07) is 15.9. The summed E-state index contributed by atoms with van der Waals surface area (Å²) in [5.41, 5.74) is 3.28. The van der Waals surface area contributed by atoms with Crippen molar-refractivity contribution >= 4 is 16.6 Å². The first-order valence-corrected chi connectivity index (χ1v) is 7.57. The van der Waals surface area contributed by atoms with Crippen LogP contribution in [0, 0.1) is 0 Å². The third-order valence-electron chi connectivity index (χ3n) is 4.42. The number of anilines is 1. The average molecular weight is 291 g/mol. The minimum Gasteiger partial charge on any atom is -0.361 e. The second-order valence-electron chi connectivity index (χ2n) is 5.72. The Kier molecular flexibility index (Phi) is 2.96. The van der Waals surface area contributed by atoms with E-state index >= 15 is 0 Å². The zero-order chi connectivity index (χ0) is 15.1. The molecule has 0 spiro atoms. The molecule has 110 valence electrons. The van der Waals surface area contributed by atoms with Crippen LogP contribution >= 0.6 is 0 Å². The molecule has 4 rings (SSSR count). The molecule has 0 radical (unpaired) electrons. The smallest absolute Gasteiger partial charge is 0.258 e. The van der Waals surface area contributed by atoms with Gasteiger partial charge in [0.2, 0.25) is 0 Å². The molecule has 4 nitrogen and oxygen atoms in total. The number of aromatic nitrogens is 2. The first kappa shape index (κ1) is 13.1. The van der Waals surface area contributed by atoms with Gasteiger partial charge in [0, 0.05) is 12.2 Å².